The Kier molecular flexibility index (Phi) is 5.38. The van der Waals surface area contributed by atoms with Gasteiger partial charge in [0.25, 0.3) is 5.56 Å². The molecule has 3 heterocycles. The summed E-state index contributed by atoms with van der Waals surface area (Å²) < 4.78 is 4.62. The molecule has 2 aromatic heterocycles. The Morgan fingerprint density at radius 1 is 0.939 bits per heavy atom. The van der Waals surface area contributed by atoms with Crippen LogP contribution in [0.25, 0.3) is 27.8 Å². The van der Waals surface area contributed by atoms with Crippen LogP contribution in [0.15, 0.2) is 64.2 Å². The monoisotopic (exact) mass is 463 g/mol. The molecule has 8 heteroatoms. The number of aromatic nitrogens is 3. The van der Waals surface area contributed by atoms with Crippen LogP contribution in [0.4, 0.5) is 5.82 Å². The van der Waals surface area contributed by atoms with E-state index in [-0.39, 0.29) is 17.3 Å². The van der Waals surface area contributed by atoms with Crippen LogP contribution in [0.3, 0.4) is 0 Å². The zero-order valence-electron chi connectivity index (χ0n) is 18.7. The lowest BCUT2D eigenvalue weighted by Crippen LogP contribution is -2.43. The first-order chi connectivity index (χ1) is 15.9. The highest BCUT2D eigenvalue weighted by Gasteiger charge is 2.31. The number of fused-ring (bicyclic) bond motifs is 1. The third kappa shape index (κ3) is 3.39. The van der Waals surface area contributed by atoms with Crippen LogP contribution < -0.4 is 21.9 Å². The summed E-state index contributed by atoms with van der Waals surface area (Å²) in [5.41, 5.74) is 9.09. The van der Waals surface area contributed by atoms with Gasteiger partial charge in [-0.2, -0.15) is 0 Å². The normalized spacial score (nSPS) is 16.5. The quantitative estimate of drug-likeness (QED) is 0.505. The number of rotatable bonds is 3. The molecular formula is C25H26ClN5O2. The van der Waals surface area contributed by atoms with E-state index >= 15 is 0 Å². The van der Waals surface area contributed by atoms with Crippen molar-refractivity contribution < 1.29 is 0 Å². The molecule has 170 valence electrons. The predicted octanol–water partition coefficient (Wildman–Crippen LogP) is 3.28. The fourth-order valence-corrected chi connectivity index (χ4v) is 5.10. The zero-order valence-corrected chi connectivity index (χ0v) is 19.4. The van der Waals surface area contributed by atoms with Crippen LogP contribution in [-0.2, 0) is 14.1 Å². The summed E-state index contributed by atoms with van der Waals surface area (Å²) in [6.45, 7) is 1.44. The summed E-state index contributed by atoms with van der Waals surface area (Å²) in [5, 5.41) is 0.521. The topological polar surface area (TPSA) is 78.2 Å². The van der Waals surface area contributed by atoms with Gasteiger partial charge in [-0.05, 0) is 30.5 Å². The molecule has 2 N–H and O–H groups in total. The van der Waals surface area contributed by atoms with E-state index in [1.54, 1.807) is 11.6 Å². The molecule has 5 rings (SSSR count). The Hall–Kier alpha value is -3.29. The van der Waals surface area contributed by atoms with E-state index < -0.39 is 0 Å². The van der Waals surface area contributed by atoms with E-state index in [2.05, 4.69) is 4.90 Å². The largest absolute Gasteiger partial charge is 0.356 e. The lowest BCUT2D eigenvalue weighted by molar-refractivity contribution is 0.502. The van der Waals surface area contributed by atoms with E-state index in [4.69, 9.17) is 17.3 Å². The molecule has 1 unspecified atom stereocenters. The summed E-state index contributed by atoms with van der Waals surface area (Å²) in [5.74, 6) is 0.831. The molecule has 2 aromatic carbocycles. The van der Waals surface area contributed by atoms with Crippen LogP contribution >= 0.6 is 11.6 Å². The van der Waals surface area contributed by atoms with Crippen LogP contribution in [0.2, 0.25) is 5.02 Å². The molecule has 0 spiro atoms. The maximum absolute atomic E-state index is 13.6. The molecule has 0 saturated carbocycles. The van der Waals surface area contributed by atoms with Gasteiger partial charge in [0.15, 0.2) is 0 Å². The minimum absolute atomic E-state index is 0.0201. The third-order valence-electron chi connectivity index (χ3n) is 6.45. The second-order valence-electron chi connectivity index (χ2n) is 8.60. The molecule has 1 aliphatic heterocycles. The molecule has 1 fully saturated rings. The van der Waals surface area contributed by atoms with Gasteiger partial charge >= 0.3 is 5.69 Å². The number of hydrogen-bond acceptors (Lipinski definition) is 4. The van der Waals surface area contributed by atoms with Crippen molar-refractivity contribution in [3.05, 3.63) is 80.5 Å². The molecule has 0 bridgehead atoms. The van der Waals surface area contributed by atoms with Gasteiger partial charge in [-0.15, -0.1) is 0 Å². The van der Waals surface area contributed by atoms with E-state index in [1.165, 1.54) is 7.05 Å². The van der Waals surface area contributed by atoms with Crippen LogP contribution in [-0.4, -0.2) is 32.8 Å². The Morgan fingerprint density at radius 2 is 1.64 bits per heavy atom. The minimum Gasteiger partial charge on any atom is -0.356 e. The Balaban J connectivity index is 2.04. The second kappa shape index (κ2) is 8.24. The zero-order chi connectivity index (χ0) is 23.3. The van der Waals surface area contributed by atoms with Crippen molar-refractivity contribution in [2.75, 3.05) is 18.0 Å². The first-order valence-corrected chi connectivity index (χ1v) is 11.4. The number of piperidine rings is 1. The second-order valence-corrected chi connectivity index (χ2v) is 9.01. The predicted molar refractivity (Wildman–Crippen MR) is 134 cm³/mol. The maximum Gasteiger partial charge on any atom is 0.331 e. The lowest BCUT2D eigenvalue weighted by Gasteiger charge is -2.34. The molecule has 0 radical (unpaired) electrons. The number of benzene rings is 2. The molecule has 0 amide bonds. The average Bonchev–Trinajstić information content (AvgIpc) is 3.18. The van der Waals surface area contributed by atoms with E-state index in [0.717, 1.165) is 40.9 Å². The molecule has 1 atom stereocenters. The number of nitrogens with two attached hydrogens (primary N) is 1. The number of anilines is 1. The van der Waals surface area contributed by atoms with E-state index in [1.807, 2.05) is 59.2 Å². The van der Waals surface area contributed by atoms with Crippen LogP contribution in [0.1, 0.15) is 12.8 Å². The number of nitrogens with zero attached hydrogens (tertiary/aromatic N) is 4. The smallest absolute Gasteiger partial charge is 0.331 e. The summed E-state index contributed by atoms with van der Waals surface area (Å²) in [7, 11) is 3.21. The van der Waals surface area contributed by atoms with Gasteiger partial charge in [-0.1, -0.05) is 54.1 Å². The molecule has 7 nitrogen and oxygen atoms in total. The highest BCUT2D eigenvalue weighted by molar-refractivity contribution is 6.32. The minimum atomic E-state index is -0.372. The van der Waals surface area contributed by atoms with E-state index in [0.29, 0.717) is 28.3 Å². The SMILES string of the molecule is Cn1c(=O)c2c(c(-c3ccccc3)c(N3CCCC(N)C3)n2-c2ccccc2Cl)n(C)c1=O. The highest BCUT2D eigenvalue weighted by atomic mass is 35.5. The molecule has 33 heavy (non-hydrogen) atoms. The van der Waals surface area contributed by atoms with Crippen molar-refractivity contribution in [1.82, 2.24) is 13.7 Å². The van der Waals surface area contributed by atoms with Gasteiger partial charge in [0.1, 0.15) is 11.3 Å². The average molecular weight is 464 g/mol. The third-order valence-corrected chi connectivity index (χ3v) is 6.77. The van der Waals surface area contributed by atoms with E-state index in [9.17, 15) is 9.59 Å². The summed E-state index contributed by atoms with van der Waals surface area (Å²) >= 11 is 6.68. The van der Waals surface area contributed by atoms with Gasteiger partial charge < -0.3 is 10.6 Å². The number of para-hydroxylation sites is 1. The van der Waals surface area contributed by atoms with Gasteiger partial charge in [0.05, 0.1) is 16.2 Å². The summed E-state index contributed by atoms with van der Waals surface area (Å²) in [4.78, 5) is 28.8. The van der Waals surface area contributed by atoms with Crippen molar-refractivity contribution in [2.24, 2.45) is 19.8 Å². The molecule has 1 aliphatic rings. The highest BCUT2D eigenvalue weighted by Crippen LogP contribution is 2.42. The van der Waals surface area contributed by atoms with Crippen LogP contribution in [0.5, 0.6) is 0 Å². The Bertz CT molecular complexity index is 1470. The fourth-order valence-electron chi connectivity index (χ4n) is 4.88. The summed E-state index contributed by atoms with van der Waals surface area (Å²) in [6, 6.07) is 17.3. The molecule has 1 saturated heterocycles. The van der Waals surface area contributed by atoms with Gasteiger partial charge in [-0.3, -0.25) is 18.5 Å². The first-order valence-electron chi connectivity index (χ1n) is 11.1. The van der Waals surface area contributed by atoms with Gasteiger partial charge in [0, 0.05) is 38.8 Å². The molecule has 0 aliphatic carbocycles. The Labute approximate surface area is 196 Å². The van der Waals surface area contributed by atoms with Gasteiger partial charge in [-0.25, -0.2) is 4.79 Å². The first kappa shape index (κ1) is 21.6. The number of hydrogen-bond donors (Lipinski definition) is 1. The van der Waals surface area contributed by atoms with Crippen molar-refractivity contribution in [3.63, 3.8) is 0 Å². The van der Waals surface area contributed by atoms with Crippen molar-refractivity contribution in [3.8, 4) is 16.8 Å². The van der Waals surface area contributed by atoms with Gasteiger partial charge in [0.2, 0.25) is 0 Å². The standard InChI is InChI=1S/C25H26ClN5O2/c1-28-21-20(16-9-4-3-5-10-16)23(30-14-8-11-17(27)15-30)31(19-13-7-6-12-18(19)26)22(21)24(32)29(2)25(28)33/h3-7,9-10,12-13,17H,8,11,14-15,27H2,1-2H3. The van der Waals surface area contributed by atoms with Crippen molar-refractivity contribution in [2.45, 2.75) is 18.9 Å². The fraction of sp³-hybridized carbons (Fsp3) is 0.280. The van der Waals surface area contributed by atoms with Crippen LogP contribution in [0, 0.1) is 0 Å². The number of halogens is 1. The summed E-state index contributed by atoms with van der Waals surface area (Å²) in [6.07, 6.45) is 1.89. The molecular weight excluding hydrogens is 438 g/mol. The number of aryl methyl sites for hydroxylation is 1. The van der Waals surface area contributed by atoms with Crippen molar-refractivity contribution >= 4 is 28.5 Å². The maximum atomic E-state index is 13.6. The van der Waals surface area contributed by atoms with Crippen molar-refractivity contribution in [1.29, 1.82) is 0 Å². The Morgan fingerprint density at radius 3 is 2.33 bits per heavy atom. The lowest BCUT2D eigenvalue weighted by atomic mass is 10.0. The molecule has 4 aromatic rings.